The van der Waals surface area contributed by atoms with Crippen molar-refractivity contribution in [1.82, 2.24) is 14.6 Å². The summed E-state index contributed by atoms with van der Waals surface area (Å²) in [6.45, 7) is 4.01. The maximum absolute atomic E-state index is 13.1. The van der Waals surface area contributed by atoms with Gasteiger partial charge in [0.15, 0.2) is 5.65 Å². The van der Waals surface area contributed by atoms with Crippen molar-refractivity contribution in [3.8, 4) is 0 Å². The van der Waals surface area contributed by atoms with Crippen LogP contribution in [0.15, 0.2) is 18.3 Å². The Morgan fingerprint density at radius 3 is 2.90 bits per heavy atom. The van der Waals surface area contributed by atoms with Gasteiger partial charge < -0.3 is 10.1 Å². The van der Waals surface area contributed by atoms with Crippen molar-refractivity contribution < 1.29 is 13.9 Å². The van der Waals surface area contributed by atoms with Gasteiger partial charge in [0.2, 0.25) is 5.95 Å². The Labute approximate surface area is 116 Å². The van der Waals surface area contributed by atoms with Crippen LogP contribution >= 0.6 is 0 Å². The SMILES string of the molecule is COC(=O)C(CC(C)C)Nc1nc2ccc(F)cn2n1. The van der Waals surface area contributed by atoms with Crippen molar-refractivity contribution in [2.75, 3.05) is 12.4 Å². The van der Waals surface area contributed by atoms with Crippen LogP contribution in [0, 0.1) is 11.7 Å². The predicted molar refractivity (Wildman–Crippen MR) is 71.8 cm³/mol. The number of methoxy groups -OCH3 is 1. The largest absolute Gasteiger partial charge is 0.467 e. The average molecular weight is 280 g/mol. The first-order chi connectivity index (χ1) is 9.49. The minimum Gasteiger partial charge on any atom is -0.467 e. The molecule has 2 aromatic rings. The number of nitrogens with zero attached hydrogens (tertiary/aromatic N) is 3. The number of carbonyl (C=O) groups is 1. The highest BCUT2D eigenvalue weighted by molar-refractivity contribution is 5.78. The smallest absolute Gasteiger partial charge is 0.328 e. The Morgan fingerprint density at radius 1 is 1.50 bits per heavy atom. The molecule has 1 unspecified atom stereocenters. The van der Waals surface area contributed by atoms with Gasteiger partial charge in [0, 0.05) is 0 Å². The quantitative estimate of drug-likeness (QED) is 0.847. The van der Waals surface area contributed by atoms with Crippen LogP contribution < -0.4 is 5.32 Å². The minimum absolute atomic E-state index is 0.270. The van der Waals surface area contributed by atoms with Crippen LogP contribution in [0.3, 0.4) is 0 Å². The molecule has 2 rings (SSSR count). The third-order valence-electron chi connectivity index (χ3n) is 2.79. The third-order valence-corrected chi connectivity index (χ3v) is 2.79. The van der Waals surface area contributed by atoms with Crippen molar-refractivity contribution in [3.63, 3.8) is 0 Å². The van der Waals surface area contributed by atoms with Crippen LogP contribution in [0.25, 0.3) is 5.65 Å². The molecular weight excluding hydrogens is 263 g/mol. The van der Waals surface area contributed by atoms with E-state index >= 15 is 0 Å². The van der Waals surface area contributed by atoms with E-state index in [4.69, 9.17) is 4.74 Å². The highest BCUT2D eigenvalue weighted by atomic mass is 19.1. The Kier molecular flexibility index (Phi) is 4.16. The van der Waals surface area contributed by atoms with E-state index in [0.29, 0.717) is 18.0 Å². The highest BCUT2D eigenvalue weighted by Crippen LogP contribution is 2.13. The number of hydrogen-bond acceptors (Lipinski definition) is 5. The minimum atomic E-state index is -0.526. The van der Waals surface area contributed by atoms with E-state index < -0.39 is 11.9 Å². The number of pyridine rings is 1. The fourth-order valence-corrected chi connectivity index (χ4v) is 1.90. The Bertz CT molecular complexity index is 611. The number of anilines is 1. The van der Waals surface area contributed by atoms with Crippen molar-refractivity contribution in [2.45, 2.75) is 26.3 Å². The number of nitrogens with one attached hydrogen (secondary N) is 1. The number of ether oxygens (including phenoxy) is 1. The summed E-state index contributed by atoms with van der Waals surface area (Å²) in [6, 6.07) is 2.30. The van der Waals surface area contributed by atoms with E-state index in [1.54, 1.807) is 0 Å². The summed E-state index contributed by atoms with van der Waals surface area (Å²) >= 11 is 0. The first-order valence-corrected chi connectivity index (χ1v) is 6.36. The molecule has 0 aliphatic carbocycles. The fraction of sp³-hybridized carbons (Fsp3) is 0.462. The zero-order valence-electron chi connectivity index (χ0n) is 11.6. The summed E-state index contributed by atoms with van der Waals surface area (Å²) < 4.78 is 19.2. The number of halogens is 1. The van der Waals surface area contributed by atoms with Crippen molar-refractivity contribution in [3.05, 3.63) is 24.1 Å². The second kappa shape index (κ2) is 5.85. The lowest BCUT2D eigenvalue weighted by molar-refractivity contribution is -0.141. The van der Waals surface area contributed by atoms with Crippen LogP contribution in [0.2, 0.25) is 0 Å². The van der Waals surface area contributed by atoms with Gasteiger partial charge in [0.25, 0.3) is 0 Å². The van der Waals surface area contributed by atoms with Gasteiger partial charge in [-0.3, -0.25) is 0 Å². The number of aromatic nitrogens is 3. The van der Waals surface area contributed by atoms with Gasteiger partial charge in [0.1, 0.15) is 11.9 Å². The molecule has 20 heavy (non-hydrogen) atoms. The van der Waals surface area contributed by atoms with E-state index in [1.165, 1.54) is 30.0 Å². The first-order valence-electron chi connectivity index (χ1n) is 6.36. The second-order valence-electron chi connectivity index (χ2n) is 4.94. The normalized spacial score (nSPS) is 12.7. The Morgan fingerprint density at radius 2 is 2.25 bits per heavy atom. The molecule has 1 atom stereocenters. The van der Waals surface area contributed by atoms with E-state index in [-0.39, 0.29) is 11.9 Å². The van der Waals surface area contributed by atoms with Gasteiger partial charge in [-0.15, -0.1) is 5.10 Å². The highest BCUT2D eigenvalue weighted by Gasteiger charge is 2.22. The van der Waals surface area contributed by atoms with E-state index in [1.807, 2.05) is 13.8 Å². The molecule has 1 N–H and O–H groups in total. The molecule has 0 spiro atoms. The van der Waals surface area contributed by atoms with Gasteiger partial charge in [-0.2, -0.15) is 4.98 Å². The number of esters is 1. The summed E-state index contributed by atoms with van der Waals surface area (Å²) in [6.07, 6.45) is 1.82. The van der Waals surface area contributed by atoms with Gasteiger partial charge in [-0.05, 0) is 24.5 Å². The second-order valence-corrected chi connectivity index (χ2v) is 4.94. The van der Waals surface area contributed by atoms with Crippen molar-refractivity contribution in [2.24, 2.45) is 5.92 Å². The maximum atomic E-state index is 13.1. The van der Waals surface area contributed by atoms with Crippen LogP contribution in [0.1, 0.15) is 20.3 Å². The van der Waals surface area contributed by atoms with Crippen molar-refractivity contribution in [1.29, 1.82) is 0 Å². The van der Waals surface area contributed by atoms with Crippen LogP contribution in [0.4, 0.5) is 10.3 Å². The standard InChI is InChI=1S/C13H17FN4O2/c1-8(2)6-10(12(19)20-3)15-13-16-11-5-4-9(14)7-18(11)17-13/h4-5,7-8,10H,6H2,1-3H3,(H,15,17). The van der Waals surface area contributed by atoms with Crippen LogP contribution in [-0.4, -0.2) is 33.7 Å². The lowest BCUT2D eigenvalue weighted by Gasteiger charge is -2.16. The number of hydrogen-bond donors (Lipinski definition) is 1. The third kappa shape index (κ3) is 3.23. The fourth-order valence-electron chi connectivity index (χ4n) is 1.90. The molecule has 0 amide bonds. The zero-order chi connectivity index (χ0) is 14.7. The molecule has 0 saturated carbocycles. The summed E-state index contributed by atoms with van der Waals surface area (Å²) in [7, 11) is 1.34. The first kappa shape index (κ1) is 14.2. The Hall–Kier alpha value is -2.18. The summed E-state index contributed by atoms with van der Waals surface area (Å²) in [5.41, 5.74) is 0.502. The molecule has 2 aromatic heterocycles. The maximum Gasteiger partial charge on any atom is 0.328 e. The number of fused-ring (bicyclic) bond motifs is 1. The lowest BCUT2D eigenvalue weighted by atomic mass is 10.0. The molecule has 0 saturated heterocycles. The number of rotatable bonds is 5. The molecule has 0 bridgehead atoms. The predicted octanol–water partition coefficient (Wildman–Crippen LogP) is 1.87. The summed E-state index contributed by atoms with van der Waals surface area (Å²) in [5.74, 6) is -0.197. The van der Waals surface area contributed by atoms with E-state index in [2.05, 4.69) is 15.4 Å². The molecule has 0 aliphatic heterocycles. The van der Waals surface area contributed by atoms with E-state index in [9.17, 15) is 9.18 Å². The molecule has 0 aromatic carbocycles. The van der Waals surface area contributed by atoms with Gasteiger partial charge in [0.05, 0.1) is 13.3 Å². The Balaban J connectivity index is 2.21. The molecule has 0 radical (unpaired) electrons. The summed E-state index contributed by atoms with van der Waals surface area (Å²) in [4.78, 5) is 15.9. The lowest BCUT2D eigenvalue weighted by Crippen LogP contribution is -2.32. The van der Waals surface area contributed by atoms with Gasteiger partial charge in [-0.25, -0.2) is 13.7 Å². The molecule has 0 aliphatic rings. The zero-order valence-corrected chi connectivity index (χ0v) is 11.6. The van der Waals surface area contributed by atoms with Gasteiger partial charge >= 0.3 is 5.97 Å². The molecule has 0 fully saturated rings. The van der Waals surface area contributed by atoms with E-state index in [0.717, 1.165) is 0 Å². The molecular formula is C13H17FN4O2. The molecule has 6 nitrogen and oxygen atoms in total. The van der Waals surface area contributed by atoms with Crippen LogP contribution in [-0.2, 0) is 9.53 Å². The van der Waals surface area contributed by atoms with Crippen molar-refractivity contribution >= 4 is 17.6 Å². The number of carbonyl (C=O) groups excluding carboxylic acids is 1. The van der Waals surface area contributed by atoms with Crippen LogP contribution in [0.5, 0.6) is 0 Å². The molecule has 7 heteroatoms. The monoisotopic (exact) mass is 280 g/mol. The molecule has 2 heterocycles. The topological polar surface area (TPSA) is 68.5 Å². The molecule has 108 valence electrons. The van der Waals surface area contributed by atoms with Gasteiger partial charge in [-0.1, -0.05) is 13.8 Å². The average Bonchev–Trinajstić information content (AvgIpc) is 2.77. The summed E-state index contributed by atoms with van der Waals surface area (Å²) in [5, 5.41) is 7.01.